The van der Waals surface area contributed by atoms with E-state index in [2.05, 4.69) is 174 Å². The molecule has 2 aliphatic heterocycles. The van der Waals surface area contributed by atoms with Gasteiger partial charge in [-0.25, -0.2) is 0 Å². The van der Waals surface area contributed by atoms with Crippen LogP contribution in [0.2, 0.25) is 0 Å². The lowest BCUT2D eigenvalue weighted by atomic mass is 9.65. The maximum atomic E-state index is 16.0. The van der Waals surface area contributed by atoms with Crippen LogP contribution in [0.25, 0.3) is 72.0 Å². The Labute approximate surface area is 336 Å². The molecule has 0 fully saturated rings. The molecular weight excluding hydrogens is 722 g/mol. The molecule has 1 spiro atoms. The van der Waals surface area contributed by atoms with Crippen LogP contribution < -0.4 is 15.9 Å². The van der Waals surface area contributed by atoms with Crippen LogP contribution in [-0.2, 0) is 9.98 Å². The summed E-state index contributed by atoms with van der Waals surface area (Å²) in [6, 6.07) is 74.6. The number of benzene rings is 9. The second kappa shape index (κ2) is 11.5. The van der Waals surface area contributed by atoms with Gasteiger partial charge in [-0.2, -0.15) is 0 Å². The molecule has 58 heavy (non-hydrogen) atoms. The lowest BCUT2D eigenvalue weighted by molar-refractivity contribution is 0.593. The third kappa shape index (κ3) is 3.91. The van der Waals surface area contributed by atoms with Gasteiger partial charge in [-0.1, -0.05) is 176 Å². The molecule has 9 aromatic carbocycles. The molecule has 3 heteroatoms. The fourth-order valence-corrected chi connectivity index (χ4v) is 14.0. The van der Waals surface area contributed by atoms with Gasteiger partial charge >= 0.3 is 0 Å². The summed E-state index contributed by atoms with van der Waals surface area (Å²) in [4.78, 5) is 0. The molecule has 2 atom stereocenters. The van der Waals surface area contributed by atoms with Crippen molar-refractivity contribution in [3.63, 3.8) is 0 Å². The number of nitrogens with zero attached hydrogens (tertiary/aromatic N) is 1. The average molecular weight is 756 g/mol. The second-order valence-corrected chi connectivity index (χ2v) is 18.6. The van der Waals surface area contributed by atoms with E-state index in [0.29, 0.717) is 0 Å². The molecule has 2 nitrogen and oxygen atoms in total. The van der Waals surface area contributed by atoms with Gasteiger partial charge in [-0.05, 0) is 97.1 Å². The Morgan fingerprint density at radius 3 is 1.86 bits per heavy atom. The average Bonchev–Trinajstić information content (AvgIpc) is 3.88. The quantitative estimate of drug-likeness (QED) is 0.165. The molecule has 1 unspecified atom stereocenters. The summed E-state index contributed by atoms with van der Waals surface area (Å²) in [5.74, 6) is 0. The second-order valence-electron chi connectivity index (χ2n) is 15.9. The van der Waals surface area contributed by atoms with Crippen molar-refractivity contribution in [1.82, 2.24) is 4.57 Å². The molecule has 3 aliphatic rings. The molecule has 1 aliphatic carbocycles. The molecule has 1 aromatic heterocycles. The molecule has 10 aromatic rings. The molecule has 0 bridgehead atoms. The minimum atomic E-state index is -3.18. The molecule has 3 heterocycles. The first-order valence-electron chi connectivity index (χ1n) is 20.0. The van der Waals surface area contributed by atoms with Gasteiger partial charge in [0.05, 0.1) is 22.1 Å². The van der Waals surface area contributed by atoms with Gasteiger partial charge in [-0.15, -0.1) is 0 Å². The van der Waals surface area contributed by atoms with Crippen LogP contribution in [0.5, 0.6) is 0 Å². The summed E-state index contributed by atoms with van der Waals surface area (Å²) in [5.41, 5.74) is 17.2. The molecule has 270 valence electrons. The Morgan fingerprint density at radius 2 is 1.02 bits per heavy atom. The molecule has 0 N–H and O–H groups in total. The van der Waals surface area contributed by atoms with Gasteiger partial charge in [0.25, 0.3) is 0 Å². The van der Waals surface area contributed by atoms with Crippen LogP contribution in [0.15, 0.2) is 206 Å². The minimum Gasteiger partial charge on any atom is -0.309 e. The minimum absolute atomic E-state index is 0.661. The highest BCUT2D eigenvalue weighted by molar-refractivity contribution is 7.86. The van der Waals surface area contributed by atoms with E-state index in [0.717, 1.165) is 32.6 Å². The summed E-state index contributed by atoms with van der Waals surface area (Å²) in [6.45, 7) is 0. The van der Waals surface area contributed by atoms with Gasteiger partial charge in [0.15, 0.2) is 7.14 Å². The summed E-state index contributed by atoms with van der Waals surface area (Å²) in [5, 5.41) is 5.23. The predicted molar refractivity (Wildman–Crippen MR) is 241 cm³/mol. The lowest BCUT2D eigenvalue weighted by Gasteiger charge is -2.40. The summed E-state index contributed by atoms with van der Waals surface area (Å²) in [6.07, 6.45) is 0. The monoisotopic (exact) mass is 755 g/mol. The van der Waals surface area contributed by atoms with E-state index in [1.165, 1.54) is 77.6 Å². The summed E-state index contributed by atoms with van der Waals surface area (Å²) in [7, 11) is -3.18. The van der Waals surface area contributed by atoms with E-state index in [1.807, 2.05) is 36.4 Å². The van der Waals surface area contributed by atoms with Gasteiger partial charge in [0, 0.05) is 26.7 Å². The van der Waals surface area contributed by atoms with Gasteiger partial charge < -0.3 is 9.13 Å². The van der Waals surface area contributed by atoms with E-state index in [4.69, 9.17) is 0 Å². The first-order valence-corrected chi connectivity index (χ1v) is 21.7. The van der Waals surface area contributed by atoms with Gasteiger partial charge in [-0.3, -0.25) is 0 Å². The Bertz CT molecular complexity index is 3430. The number of hydrogen-bond donors (Lipinski definition) is 0. The zero-order valence-electron chi connectivity index (χ0n) is 31.4. The van der Waals surface area contributed by atoms with Crippen molar-refractivity contribution < 1.29 is 4.57 Å². The van der Waals surface area contributed by atoms with Gasteiger partial charge in [0.2, 0.25) is 0 Å². The number of hydrogen-bond acceptors (Lipinski definition) is 1. The SMILES string of the molecule is O=[P@@]1(c2ccccc2)c2ccccc2-c2cc3c(cc21)-c1ccc(-c2ccccc2-c2ccccc2)cc1C31c2ccccc2-n2c3ccccc3c3cccc1c32. The van der Waals surface area contributed by atoms with E-state index >= 15 is 4.57 Å². The highest BCUT2D eigenvalue weighted by atomic mass is 31.2. The van der Waals surface area contributed by atoms with Crippen molar-refractivity contribution >= 4 is 44.9 Å². The van der Waals surface area contributed by atoms with E-state index in [1.54, 1.807) is 0 Å². The third-order valence-electron chi connectivity index (χ3n) is 13.2. The highest BCUT2D eigenvalue weighted by Crippen LogP contribution is 2.64. The Balaban J connectivity index is 1.19. The summed E-state index contributed by atoms with van der Waals surface area (Å²) < 4.78 is 18.5. The van der Waals surface area contributed by atoms with Crippen LogP contribution in [0.3, 0.4) is 0 Å². The predicted octanol–water partition coefficient (Wildman–Crippen LogP) is 12.4. The maximum Gasteiger partial charge on any atom is 0.172 e. The fraction of sp³-hybridized carbons (Fsp3) is 0.0182. The third-order valence-corrected chi connectivity index (χ3v) is 16.4. The first-order chi connectivity index (χ1) is 28.7. The molecule has 0 saturated carbocycles. The zero-order chi connectivity index (χ0) is 38.2. The van der Waals surface area contributed by atoms with E-state index in [-0.39, 0.29) is 0 Å². The molecule has 13 rings (SSSR count). The van der Waals surface area contributed by atoms with Crippen molar-refractivity contribution in [2.24, 2.45) is 0 Å². The number of aromatic nitrogens is 1. The smallest absolute Gasteiger partial charge is 0.172 e. The Hall–Kier alpha value is -6.99. The molecule has 0 radical (unpaired) electrons. The standard InChI is InChI=1S/C55H34NOP/c57-58(37-18-5-2-6-19-37)52-29-14-10-23-42(52)45-33-49-44(34-53(45)58)40-31-30-36(39-21-8-7-20-38(39)35-16-3-1-4-17-35)32-48(40)55(49)46-25-11-13-28-51(46)56-50-27-12-9-22-41(50)43-24-15-26-47(55)54(43)56/h1-34H/t55?,58-/m0/s1. The highest BCUT2D eigenvalue weighted by Gasteiger charge is 2.53. The number of rotatable bonds is 3. The van der Waals surface area contributed by atoms with Gasteiger partial charge in [0.1, 0.15) is 0 Å². The van der Waals surface area contributed by atoms with Crippen LogP contribution >= 0.6 is 7.14 Å². The topological polar surface area (TPSA) is 22.0 Å². The molecular formula is C55H34NOP. The van der Waals surface area contributed by atoms with Crippen molar-refractivity contribution in [2.45, 2.75) is 5.41 Å². The molecule has 0 saturated heterocycles. The fourth-order valence-electron chi connectivity index (χ4n) is 10.9. The van der Waals surface area contributed by atoms with Crippen molar-refractivity contribution in [3.8, 4) is 50.2 Å². The van der Waals surface area contributed by atoms with E-state index in [9.17, 15) is 0 Å². The zero-order valence-corrected chi connectivity index (χ0v) is 32.3. The normalized spacial score (nSPS) is 17.9. The van der Waals surface area contributed by atoms with Crippen molar-refractivity contribution in [2.75, 3.05) is 0 Å². The van der Waals surface area contributed by atoms with Crippen molar-refractivity contribution in [3.05, 3.63) is 229 Å². The first kappa shape index (κ1) is 32.1. The number of fused-ring (bicyclic) bond motifs is 15. The molecule has 0 amide bonds. The Kier molecular flexibility index (Phi) is 6.40. The van der Waals surface area contributed by atoms with Crippen LogP contribution in [0.1, 0.15) is 22.3 Å². The van der Waals surface area contributed by atoms with Crippen LogP contribution in [0.4, 0.5) is 0 Å². The van der Waals surface area contributed by atoms with Crippen LogP contribution in [0, 0.1) is 0 Å². The summed E-state index contributed by atoms with van der Waals surface area (Å²) >= 11 is 0. The van der Waals surface area contributed by atoms with Crippen molar-refractivity contribution in [1.29, 1.82) is 0 Å². The van der Waals surface area contributed by atoms with Crippen LogP contribution in [-0.4, -0.2) is 4.57 Å². The van der Waals surface area contributed by atoms with E-state index < -0.39 is 12.6 Å². The largest absolute Gasteiger partial charge is 0.309 e. The lowest BCUT2D eigenvalue weighted by Crippen LogP contribution is -2.33. The maximum absolute atomic E-state index is 16.0. The Morgan fingerprint density at radius 1 is 0.379 bits per heavy atom. The number of para-hydroxylation sites is 3.